The second-order valence-electron chi connectivity index (χ2n) is 6.46. The Balaban J connectivity index is 1.66. The summed E-state index contributed by atoms with van der Waals surface area (Å²) < 4.78 is 32.6. The van der Waals surface area contributed by atoms with Crippen molar-refractivity contribution >= 4 is 27.5 Å². The number of hydrogen-bond donors (Lipinski definition) is 2. The van der Waals surface area contributed by atoms with Crippen LogP contribution in [0.1, 0.15) is 6.92 Å². The van der Waals surface area contributed by atoms with Crippen molar-refractivity contribution in [2.75, 3.05) is 49.6 Å². The van der Waals surface area contributed by atoms with E-state index in [0.29, 0.717) is 5.69 Å². The molecule has 2 aromatic rings. The van der Waals surface area contributed by atoms with Crippen LogP contribution in [0.3, 0.4) is 0 Å². The lowest BCUT2D eigenvalue weighted by Gasteiger charge is -2.23. The van der Waals surface area contributed by atoms with Crippen molar-refractivity contribution in [2.24, 2.45) is 0 Å². The number of nitrogens with one attached hydrogen (secondary N) is 2. The number of thioether (sulfide) groups is 1. The smallest absolute Gasteiger partial charge is 0.229 e. The molecule has 1 aliphatic rings. The Kier molecular flexibility index (Phi) is 6.74. The summed E-state index contributed by atoms with van der Waals surface area (Å²) in [7, 11) is -3.28. The summed E-state index contributed by atoms with van der Waals surface area (Å²) in [6.07, 6.45) is 1.14. The van der Waals surface area contributed by atoms with Crippen LogP contribution in [0.4, 0.5) is 5.69 Å². The van der Waals surface area contributed by atoms with Gasteiger partial charge in [-0.15, -0.1) is 10.2 Å². The molecule has 0 radical (unpaired) electrons. The second-order valence-corrected chi connectivity index (χ2v) is 9.27. The van der Waals surface area contributed by atoms with Crippen molar-refractivity contribution in [2.45, 2.75) is 18.6 Å². The number of hydrogen-bond acceptors (Lipinski definition) is 6. The lowest BCUT2D eigenvalue weighted by molar-refractivity contribution is -0.905. The van der Waals surface area contributed by atoms with Crippen LogP contribution in [0, 0.1) is 0 Å². The molecule has 27 heavy (non-hydrogen) atoms. The molecular weight excluding hydrogens is 386 g/mol. The lowest BCUT2D eigenvalue weighted by atomic mass is 10.2. The Morgan fingerprint density at radius 1 is 1.22 bits per heavy atom. The average Bonchev–Trinajstić information content (AvgIpc) is 3.05. The van der Waals surface area contributed by atoms with Crippen LogP contribution in [0.5, 0.6) is 0 Å². The predicted molar refractivity (Wildman–Crippen MR) is 107 cm³/mol. The summed E-state index contributed by atoms with van der Waals surface area (Å²) in [5.41, 5.74) is 1.45. The molecule has 2 heterocycles. The van der Waals surface area contributed by atoms with Gasteiger partial charge in [0.25, 0.3) is 0 Å². The number of benzene rings is 1. The van der Waals surface area contributed by atoms with Crippen LogP contribution in [-0.4, -0.2) is 68.0 Å². The van der Waals surface area contributed by atoms with E-state index in [1.165, 1.54) is 0 Å². The van der Waals surface area contributed by atoms with Gasteiger partial charge in [0.05, 0.1) is 31.8 Å². The van der Waals surface area contributed by atoms with Crippen molar-refractivity contribution in [1.29, 1.82) is 0 Å². The molecule has 0 atom stereocenters. The Morgan fingerprint density at radius 2 is 1.93 bits per heavy atom. The van der Waals surface area contributed by atoms with Gasteiger partial charge in [0.15, 0.2) is 11.0 Å². The minimum Gasteiger partial charge on any atom is -0.370 e. The van der Waals surface area contributed by atoms with Crippen LogP contribution >= 0.6 is 11.8 Å². The van der Waals surface area contributed by atoms with Crippen LogP contribution in [0.2, 0.25) is 0 Å². The first-order chi connectivity index (χ1) is 13.0. The van der Waals surface area contributed by atoms with Crippen molar-refractivity contribution in [1.82, 2.24) is 14.8 Å². The zero-order chi connectivity index (χ0) is 19.3. The molecule has 1 fully saturated rings. The van der Waals surface area contributed by atoms with Gasteiger partial charge in [-0.2, -0.15) is 0 Å². The highest BCUT2D eigenvalue weighted by atomic mass is 32.2. The van der Waals surface area contributed by atoms with E-state index < -0.39 is 10.0 Å². The molecule has 1 aromatic carbocycles. The summed E-state index contributed by atoms with van der Waals surface area (Å²) >= 11 is 1.73. The first kappa shape index (κ1) is 20.1. The summed E-state index contributed by atoms with van der Waals surface area (Å²) in [5.74, 6) is 1.79. The third-order valence-corrected chi connectivity index (χ3v) is 5.94. The van der Waals surface area contributed by atoms with E-state index in [1.807, 2.05) is 12.1 Å². The van der Waals surface area contributed by atoms with Crippen molar-refractivity contribution in [3.8, 4) is 11.4 Å². The van der Waals surface area contributed by atoms with Gasteiger partial charge in [-0.25, -0.2) is 8.42 Å². The van der Waals surface area contributed by atoms with E-state index in [9.17, 15) is 8.42 Å². The molecular formula is C17H26N5O3S2+. The maximum atomic E-state index is 11.3. The fourth-order valence-electron chi connectivity index (χ4n) is 2.99. The third-order valence-electron chi connectivity index (χ3n) is 4.37. The normalized spacial score (nSPS) is 15.8. The Morgan fingerprint density at radius 3 is 2.56 bits per heavy atom. The van der Waals surface area contributed by atoms with Gasteiger partial charge < -0.3 is 14.2 Å². The first-order valence-corrected chi connectivity index (χ1v) is 11.9. The number of sulfonamides is 1. The molecule has 0 spiro atoms. The van der Waals surface area contributed by atoms with E-state index in [2.05, 4.69) is 26.4 Å². The lowest BCUT2D eigenvalue weighted by Crippen LogP contribution is -3.14. The molecule has 2 N–H and O–H groups in total. The van der Waals surface area contributed by atoms with Gasteiger partial charge >= 0.3 is 0 Å². The quantitative estimate of drug-likeness (QED) is 0.608. The minimum atomic E-state index is -3.28. The van der Waals surface area contributed by atoms with Crippen molar-refractivity contribution in [3.63, 3.8) is 0 Å². The molecule has 0 bridgehead atoms. The maximum Gasteiger partial charge on any atom is 0.229 e. The molecule has 3 rings (SSSR count). The van der Waals surface area contributed by atoms with Gasteiger partial charge in [-0.1, -0.05) is 11.8 Å². The maximum absolute atomic E-state index is 11.3. The van der Waals surface area contributed by atoms with Crippen LogP contribution < -0.4 is 9.62 Å². The number of ether oxygens (including phenoxy) is 1. The number of aromatic nitrogens is 3. The molecule has 1 saturated heterocycles. The highest BCUT2D eigenvalue weighted by Gasteiger charge is 2.16. The van der Waals surface area contributed by atoms with E-state index in [4.69, 9.17) is 4.74 Å². The Hall–Kier alpha value is -1.62. The van der Waals surface area contributed by atoms with Crippen molar-refractivity contribution in [3.05, 3.63) is 24.3 Å². The number of anilines is 1. The summed E-state index contributed by atoms with van der Waals surface area (Å²) in [4.78, 5) is 1.57. The molecule has 0 amide bonds. The van der Waals surface area contributed by atoms with Crippen LogP contribution in [0.15, 0.2) is 29.4 Å². The highest BCUT2D eigenvalue weighted by Crippen LogP contribution is 2.25. The molecule has 10 heteroatoms. The number of nitrogens with zero attached hydrogens (tertiary/aromatic N) is 3. The van der Waals surface area contributed by atoms with E-state index >= 15 is 0 Å². The number of rotatable bonds is 8. The van der Waals surface area contributed by atoms with E-state index in [1.54, 1.807) is 28.8 Å². The van der Waals surface area contributed by atoms with E-state index in [0.717, 1.165) is 67.9 Å². The third kappa shape index (κ3) is 5.68. The molecule has 8 nitrogen and oxygen atoms in total. The molecule has 148 valence electrons. The topological polar surface area (TPSA) is 90.6 Å². The van der Waals surface area contributed by atoms with Crippen LogP contribution in [0.25, 0.3) is 11.4 Å². The zero-order valence-electron chi connectivity index (χ0n) is 15.6. The summed E-state index contributed by atoms with van der Waals surface area (Å²) in [6.45, 7) is 7.77. The van der Waals surface area contributed by atoms with Gasteiger partial charge in [-0.3, -0.25) is 4.72 Å². The zero-order valence-corrected chi connectivity index (χ0v) is 17.3. The van der Waals surface area contributed by atoms with Crippen LogP contribution in [-0.2, 0) is 21.3 Å². The van der Waals surface area contributed by atoms with Gasteiger partial charge in [0, 0.05) is 17.8 Å². The first-order valence-electron chi connectivity index (χ1n) is 9.02. The summed E-state index contributed by atoms with van der Waals surface area (Å²) in [5, 5.41) is 9.63. The number of quaternary nitrogens is 1. The Labute approximate surface area is 164 Å². The average molecular weight is 413 g/mol. The highest BCUT2D eigenvalue weighted by molar-refractivity contribution is 7.99. The van der Waals surface area contributed by atoms with Gasteiger partial charge in [0.1, 0.15) is 13.1 Å². The standard InChI is InChI=1S/C17H25N5O3S2/c1-3-22-16(14-4-6-15(7-5-14)20-27(2,23)24)18-19-17(22)26-13-10-21-8-11-25-12-9-21/h4-7,20H,3,8-13H2,1-2H3/p+1. The second kappa shape index (κ2) is 9.05. The fourth-order valence-corrected chi connectivity index (χ4v) is 4.60. The molecule has 0 saturated carbocycles. The van der Waals surface area contributed by atoms with Crippen molar-refractivity contribution < 1.29 is 18.1 Å². The van der Waals surface area contributed by atoms with E-state index in [-0.39, 0.29) is 0 Å². The monoisotopic (exact) mass is 412 g/mol. The summed E-state index contributed by atoms with van der Waals surface area (Å²) in [6, 6.07) is 7.19. The molecule has 0 unspecified atom stereocenters. The van der Waals surface area contributed by atoms with Gasteiger partial charge in [0.2, 0.25) is 10.0 Å². The number of morpholine rings is 1. The fraction of sp³-hybridized carbons (Fsp3) is 0.529. The molecule has 1 aromatic heterocycles. The predicted octanol–water partition coefficient (Wildman–Crippen LogP) is 0.344. The minimum absolute atomic E-state index is 0.534. The van der Waals surface area contributed by atoms with Gasteiger partial charge in [-0.05, 0) is 31.2 Å². The molecule has 1 aliphatic heterocycles. The SMILES string of the molecule is CCn1c(SCC[NH+]2CCOCC2)nnc1-c1ccc(NS(C)(=O)=O)cc1. The Bertz CT molecular complexity index is 846. The largest absolute Gasteiger partial charge is 0.370 e. The molecule has 0 aliphatic carbocycles.